The third-order valence-corrected chi connectivity index (χ3v) is 8.36. The quantitative estimate of drug-likeness (QED) is 0.330. The van der Waals surface area contributed by atoms with Crippen LogP contribution in [-0.2, 0) is 32.6 Å². The van der Waals surface area contributed by atoms with Gasteiger partial charge in [-0.15, -0.1) is 0 Å². The van der Waals surface area contributed by atoms with Gasteiger partial charge < -0.3 is 10.2 Å². The van der Waals surface area contributed by atoms with Crippen LogP contribution in [0.2, 0.25) is 0 Å². The van der Waals surface area contributed by atoms with Gasteiger partial charge in [-0.05, 0) is 68.7 Å². The van der Waals surface area contributed by atoms with Gasteiger partial charge in [0.15, 0.2) is 0 Å². The number of nitrogens with zero attached hydrogens (tertiary/aromatic N) is 2. The first-order chi connectivity index (χ1) is 18.0. The third kappa shape index (κ3) is 7.23. The van der Waals surface area contributed by atoms with Crippen LogP contribution in [0.1, 0.15) is 38.8 Å². The van der Waals surface area contributed by atoms with E-state index in [4.69, 9.17) is 0 Å². The number of rotatable bonds is 11. The number of benzene rings is 3. The number of halogens is 1. The standard InChI is InChI=1S/C29H34BrN3O4S/c1-5-24-13-9-10-17-27(24)33(38(36,37)26-15-7-6-8-16-26)20-28(34)32(22(4)29(35)31-21(2)3)19-23-12-11-14-25(30)18-23/h6-18,21-22H,5,19-20H2,1-4H3,(H,31,35). The molecule has 0 bridgehead atoms. The molecule has 3 aromatic rings. The summed E-state index contributed by atoms with van der Waals surface area (Å²) in [5, 5.41) is 2.86. The molecular formula is C29H34BrN3O4S. The van der Waals surface area contributed by atoms with Crippen LogP contribution in [0.4, 0.5) is 5.69 Å². The zero-order chi connectivity index (χ0) is 27.9. The van der Waals surface area contributed by atoms with Crippen molar-refractivity contribution >= 4 is 43.5 Å². The second-order valence-corrected chi connectivity index (χ2v) is 12.1. The van der Waals surface area contributed by atoms with E-state index in [9.17, 15) is 18.0 Å². The molecule has 0 aliphatic rings. The number of sulfonamides is 1. The second kappa shape index (κ2) is 13.1. The van der Waals surface area contributed by atoms with E-state index < -0.39 is 28.5 Å². The fourth-order valence-corrected chi connectivity index (χ4v) is 6.03. The topological polar surface area (TPSA) is 86.8 Å². The number of anilines is 1. The fourth-order valence-electron chi connectivity index (χ4n) is 4.11. The summed E-state index contributed by atoms with van der Waals surface area (Å²) < 4.78 is 29.8. The average Bonchev–Trinajstić information content (AvgIpc) is 2.90. The Morgan fingerprint density at radius 2 is 1.58 bits per heavy atom. The van der Waals surface area contributed by atoms with E-state index in [1.165, 1.54) is 17.0 Å². The molecule has 3 aromatic carbocycles. The zero-order valence-electron chi connectivity index (χ0n) is 22.1. The van der Waals surface area contributed by atoms with E-state index in [0.29, 0.717) is 12.1 Å². The molecule has 1 N–H and O–H groups in total. The van der Waals surface area contributed by atoms with Crippen LogP contribution in [0, 0.1) is 0 Å². The van der Waals surface area contributed by atoms with Gasteiger partial charge >= 0.3 is 0 Å². The van der Waals surface area contributed by atoms with Crippen LogP contribution in [0.5, 0.6) is 0 Å². The first-order valence-corrected chi connectivity index (χ1v) is 14.8. The monoisotopic (exact) mass is 599 g/mol. The molecule has 1 unspecified atom stereocenters. The van der Waals surface area contributed by atoms with Crippen LogP contribution >= 0.6 is 15.9 Å². The van der Waals surface area contributed by atoms with E-state index in [2.05, 4.69) is 21.2 Å². The molecule has 7 nitrogen and oxygen atoms in total. The summed E-state index contributed by atoms with van der Waals surface area (Å²) in [5.41, 5.74) is 2.04. The number of nitrogens with one attached hydrogen (secondary N) is 1. The lowest BCUT2D eigenvalue weighted by atomic mass is 10.1. The van der Waals surface area contributed by atoms with Gasteiger partial charge in [-0.2, -0.15) is 0 Å². The summed E-state index contributed by atoms with van der Waals surface area (Å²) in [6, 6.07) is 21.7. The second-order valence-electron chi connectivity index (χ2n) is 9.30. The first-order valence-electron chi connectivity index (χ1n) is 12.5. The number of carbonyl (C=O) groups is 2. The lowest BCUT2D eigenvalue weighted by Gasteiger charge is -2.33. The van der Waals surface area contributed by atoms with E-state index in [1.807, 2.05) is 57.2 Å². The van der Waals surface area contributed by atoms with Gasteiger partial charge in [0.05, 0.1) is 10.6 Å². The van der Waals surface area contributed by atoms with Gasteiger partial charge in [0.2, 0.25) is 11.8 Å². The van der Waals surface area contributed by atoms with Crippen molar-refractivity contribution in [2.75, 3.05) is 10.8 Å². The van der Waals surface area contributed by atoms with Crippen molar-refractivity contribution in [3.8, 4) is 0 Å². The lowest BCUT2D eigenvalue weighted by molar-refractivity contribution is -0.139. The van der Waals surface area contributed by atoms with Crippen molar-refractivity contribution in [2.45, 2.75) is 57.6 Å². The van der Waals surface area contributed by atoms with Gasteiger partial charge in [-0.1, -0.05) is 71.4 Å². The Morgan fingerprint density at radius 1 is 0.921 bits per heavy atom. The molecule has 9 heteroatoms. The molecule has 2 amide bonds. The number of aryl methyl sites for hydroxylation is 1. The van der Waals surface area contributed by atoms with Gasteiger partial charge in [-0.3, -0.25) is 13.9 Å². The molecule has 0 aliphatic carbocycles. The third-order valence-electron chi connectivity index (χ3n) is 6.09. The predicted molar refractivity (Wildman–Crippen MR) is 154 cm³/mol. The Balaban J connectivity index is 2.06. The molecule has 0 fully saturated rings. The minimum atomic E-state index is -4.08. The molecule has 0 aromatic heterocycles. The predicted octanol–water partition coefficient (Wildman–Crippen LogP) is 5.15. The van der Waals surface area contributed by atoms with Crippen LogP contribution < -0.4 is 9.62 Å². The smallest absolute Gasteiger partial charge is 0.264 e. The average molecular weight is 601 g/mol. The zero-order valence-corrected chi connectivity index (χ0v) is 24.5. The first kappa shape index (κ1) is 29.4. The van der Waals surface area contributed by atoms with Gasteiger partial charge in [0, 0.05) is 17.1 Å². The van der Waals surface area contributed by atoms with E-state index in [-0.39, 0.29) is 23.4 Å². The van der Waals surface area contributed by atoms with Crippen LogP contribution in [0.15, 0.2) is 88.2 Å². The molecule has 0 heterocycles. The highest BCUT2D eigenvalue weighted by Crippen LogP contribution is 2.28. The van der Waals surface area contributed by atoms with Crippen molar-refractivity contribution in [3.05, 3.63) is 94.5 Å². The van der Waals surface area contributed by atoms with Crippen molar-refractivity contribution < 1.29 is 18.0 Å². The number of para-hydroxylation sites is 1. The molecule has 38 heavy (non-hydrogen) atoms. The van der Waals surface area contributed by atoms with E-state index in [1.54, 1.807) is 37.3 Å². The summed E-state index contributed by atoms with van der Waals surface area (Å²) in [6.45, 7) is 6.97. The Labute approximate surface area is 234 Å². The maximum absolute atomic E-state index is 14.0. The number of amides is 2. The molecule has 1 atom stereocenters. The molecule has 0 aliphatic heterocycles. The molecular weight excluding hydrogens is 566 g/mol. The highest BCUT2D eigenvalue weighted by atomic mass is 79.9. The van der Waals surface area contributed by atoms with Crippen molar-refractivity contribution in [1.29, 1.82) is 0 Å². The van der Waals surface area contributed by atoms with Crippen LogP contribution in [0.3, 0.4) is 0 Å². The summed E-state index contributed by atoms with van der Waals surface area (Å²) in [5.74, 6) is -0.795. The van der Waals surface area contributed by atoms with E-state index >= 15 is 0 Å². The Hall–Kier alpha value is -3.17. The maximum atomic E-state index is 14.0. The Kier molecular flexibility index (Phi) is 10.1. The summed E-state index contributed by atoms with van der Waals surface area (Å²) >= 11 is 3.46. The van der Waals surface area contributed by atoms with Crippen LogP contribution in [-0.4, -0.2) is 43.8 Å². The molecule has 0 saturated heterocycles. The highest BCUT2D eigenvalue weighted by molar-refractivity contribution is 9.10. The Morgan fingerprint density at radius 3 is 2.21 bits per heavy atom. The SMILES string of the molecule is CCc1ccccc1N(CC(=O)N(Cc1cccc(Br)c1)C(C)C(=O)NC(C)C)S(=O)(=O)c1ccccc1. The number of hydrogen-bond donors (Lipinski definition) is 1. The van der Waals surface area contributed by atoms with E-state index in [0.717, 1.165) is 19.9 Å². The fraction of sp³-hybridized carbons (Fsp3) is 0.310. The molecule has 0 spiro atoms. The van der Waals surface area contributed by atoms with Crippen molar-refractivity contribution in [3.63, 3.8) is 0 Å². The molecule has 3 rings (SSSR count). The van der Waals surface area contributed by atoms with Gasteiger partial charge in [0.25, 0.3) is 10.0 Å². The molecule has 0 saturated carbocycles. The highest BCUT2D eigenvalue weighted by Gasteiger charge is 2.33. The summed E-state index contributed by atoms with van der Waals surface area (Å²) in [6.07, 6.45) is 0.583. The number of carbonyl (C=O) groups excluding carboxylic acids is 2. The minimum absolute atomic E-state index is 0.0860. The van der Waals surface area contributed by atoms with Crippen molar-refractivity contribution in [2.24, 2.45) is 0 Å². The van der Waals surface area contributed by atoms with Gasteiger partial charge in [-0.25, -0.2) is 8.42 Å². The normalized spacial score (nSPS) is 12.2. The summed E-state index contributed by atoms with van der Waals surface area (Å²) in [7, 11) is -4.08. The molecule has 202 valence electrons. The minimum Gasteiger partial charge on any atom is -0.352 e. The van der Waals surface area contributed by atoms with Crippen molar-refractivity contribution in [1.82, 2.24) is 10.2 Å². The lowest BCUT2D eigenvalue weighted by Crippen LogP contribution is -2.52. The maximum Gasteiger partial charge on any atom is 0.264 e. The number of hydrogen-bond acceptors (Lipinski definition) is 4. The summed E-state index contributed by atoms with van der Waals surface area (Å²) in [4.78, 5) is 28.5. The largest absolute Gasteiger partial charge is 0.352 e. The van der Waals surface area contributed by atoms with Gasteiger partial charge in [0.1, 0.15) is 12.6 Å². The molecule has 0 radical (unpaired) electrons. The van der Waals surface area contributed by atoms with Crippen LogP contribution in [0.25, 0.3) is 0 Å². The Bertz CT molecular complexity index is 1360.